The number of benzene rings is 2. The van der Waals surface area contributed by atoms with E-state index in [1.165, 1.54) is 5.56 Å². The summed E-state index contributed by atoms with van der Waals surface area (Å²) in [5, 5.41) is 5.33. The van der Waals surface area contributed by atoms with Gasteiger partial charge in [-0.25, -0.2) is 5.43 Å². The van der Waals surface area contributed by atoms with Crippen molar-refractivity contribution in [2.24, 2.45) is 5.10 Å². The summed E-state index contributed by atoms with van der Waals surface area (Å²) in [4.78, 5) is 12.3. The van der Waals surface area contributed by atoms with Gasteiger partial charge in [0.05, 0.1) is 12.6 Å². The molecule has 0 atom stereocenters. The molecule has 29 heavy (non-hydrogen) atoms. The highest BCUT2D eigenvalue weighted by atomic mass is 16.2. The Morgan fingerprint density at radius 3 is 2.48 bits per heavy atom. The number of aromatic nitrogens is 1. The molecule has 1 N–H and O–H groups in total. The highest BCUT2D eigenvalue weighted by Crippen LogP contribution is 2.24. The zero-order valence-corrected chi connectivity index (χ0v) is 17.7. The van der Waals surface area contributed by atoms with Crippen LogP contribution in [0, 0.1) is 6.92 Å². The fourth-order valence-electron chi connectivity index (χ4n) is 3.50. The minimum absolute atomic E-state index is 0.105. The summed E-state index contributed by atoms with van der Waals surface area (Å²) in [6.07, 6.45) is 3.92. The summed E-state index contributed by atoms with van der Waals surface area (Å²) < 4.78 is 2.20. The summed E-state index contributed by atoms with van der Waals surface area (Å²) in [5.41, 5.74) is 8.24. The highest BCUT2D eigenvalue weighted by Gasteiger charge is 2.14. The van der Waals surface area contributed by atoms with Crippen LogP contribution >= 0.6 is 0 Å². The molecule has 1 aromatic heterocycles. The summed E-state index contributed by atoms with van der Waals surface area (Å²) in [5.74, 6) is -0.128. The number of para-hydroxylation sites is 1. The lowest BCUT2D eigenvalue weighted by atomic mass is 9.86. The van der Waals surface area contributed by atoms with E-state index >= 15 is 0 Å². The van der Waals surface area contributed by atoms with Crippen molar-refractivity contribution in [3.05, 3.63) is 83.6 Å². The number of nitrogens with one attached hydrogen (secondary N) is 1. The minimum Gasteiger partial charge on any atom is -0.340 e. The Morgan fingerprint density at radius 1 is 1.14 bits per heavy atom. The van der Waals surface area contributed by atoms with Gasteiger partial charge in [0.15, 0.2) is 0 Å². The summed E-state index contributed by atoms with van der Waals surface area (Å²) in [6.45, 7) is 13.2. The smallest absolute Gasteiger partial charge is 0.244 e. The van der Waals surface area contributed by atoms with E-state index in [1.54, 1.807) is 6.21 Å². The second-order valence-corrected chi connectivity index (χ2v) is 8.33. The first-order valence-corrected chi connectivity index (χ1v) is 9.91. The van der Waals surface area contributed by atoms with Crippen LogP contribution in [0.5, 0.6) is 0 Å². The monoisotopic (exact) mass is 387 g/mol. The number of fused-ring (bicyclic) bond motifs is 1. The quantitative estimate of drug-likeness (QED) is 0.356. The van der Waals surface area contributed by atoms with Gasteiger partial charge in [0.2, 0.25) is 5.91 Å². The SMILES string of the molecule is C=CCn1c(C)c(/C=N\NC(=O)Cc2ccc(C(C)(C)C)cc2)c2ccccc21. The molecular formula is C25H29N3O. The maximum absolute atomic E-state index is 12.3. The Hall–Kier alpha value is -3.14. The number of hydrogen-bond acceptors (Lipinski definition) is 2. The predicted octanol–water partition coefficient (Wildman–Crippen LogP) is 5.13. The van der Waals surface area contributed by atoms with E-state index in [4.69, 9.17) is 0 Å². The van der Waals surface area contributed by atoms with Gasteiger partial charge in [0, 0.05) is 28.7 Å². The number of carbonyl (C=O) groups is 1. The lowest BCUT2D eigenvalue weighted by Crippen LogP contribution is -2.20. The van der Waals surface area contributed by atoms with Gasteiger partial charge in [0.25, 0.3) is 0 Å². The molecule has 1 heterocycles. The molecule has 3 rings (SSSR count). The van der Waals surface area contributed by atoms with Crippen molar-refractivity contribution in [3.8, 4) is 0 Å². The molecular weight excluding hydrogens is 358 g/mol. The number of amides is 1. The van der Waals surface area contributed by atoms with Crippen LogP contribution in [0.2, 0.25) is 0 Å². The van der Waals surface area contributed by atoms with Gasteiger partial charge in [-0.05, 0) is 29.5 Å². The predicted molar refractivity (Wildman–Crippen MR) is 121 cm³/mol. The van der Waals surface area contributed by atoms with Gasteiger partial charge in [-0.15, -0.1) is 6.58 Å². The van der Waals surface area contributed by atoms with Gasteiger partial charge in [0.1, 0.15) is 0 Å². The van der Waals surface area contributed by atoms with Crippen LogP contribution in [0.1, 0.15) is 43.2 Å². The number of rotatable bonds is 6. The molecule has 0 unspecified atom stereocenters. The van der Waals surface area contributed by atoms with E-state index in [0.717, 1.165) is 34.3 Å². The number of allylic oxidation sites excluding steroid dienone is 1. The Balaban J connectivity index is 1.71. The lowest BCUT2D eigenvalue weighted by Gasteiger charge is -2.19. The van der Waals surface area contributed by atoms with Crippen molar-refractivity contribution in [1.29, 1.82) is 0 Å². The Bertz CT molecular complexity index is 1050. The topological polar surface area (TPSA) is 46.4 Å². The zero-order chi connectivity index (χ0) is 21.0. The van der Waals surface area contributed by atoms with E-state index in [1.807, 2.05) is 30.3 Å². The first-order chi connectivity index (χ1) is 13.8. The molecule has 1 amide bonds. The summed E-state index contributed by atoms with van der Waals surface area (Å²) in [6, 6.07) is 16.4. The molecule has 0 radical (unpaired) electrons. The van der Waals surface area contributed by atoms with Gasteiger partial charge >= 0.3 is 0 Å². The maximum atomic E-state index is 12.3. The molecule has 0 spiro atoms. The molecule has 2 aromatic carbocycles. The third-order valence-corrected chi connectivity index (χ3v) is 5.16. The molecule has 0 aliphatic carbocycles. The molecule has 0 saturated carbocycles. The first-order valence-electron chi connectivity index (χ1n) is 9.91. The molecule has 150 valence electrons. The van der Waals surface area contributed by atoms with Crippen LogP contribution in [0.3, 0.4) is 0 Å². The largest absolute Gasteiger partial charge is 0.340 e. The van der Waals surface area contributed by atoms with Gasteiger partial charge < -0.3 is 4.57 Å². The highest BCUT2D eigenvalue weighted by molar-refractivity contribution is 6.01. The number of hydrazone groups is 1. The fraction of sp³-hybridized carbons (Fsp3) is 0.280. The molecule has 0 aliphatic rings. The third-order valence-electron chi connectivity index (χ3n) is 5.16. The molecule has 0 saturated heterocycles. The van der Waals surface area contributed by atoms with Crippen molar-refractivity contribution in [2.45, 2.75) is 46.1 Å². The van der Waals surface area contributed by atoms with E-state index in [-0.39, 0.29) is 11.3 Å². The molecule has 3 aromatic rings. The second kappa shape index (κ2) is 8.48. The average molecular weight is 388 g/mol. The van der Waals surface area contributed by atoms with Crippen molar-refractivity contribution in [2.75, 3.05) is 0 Å². The van der Waals surface area contributed by atoms with Crippen molar-refractivity contribution in [3.63, 3.8) is 0 Å². The number of nitrogens with zero attached hydrogens (tertiary/aromatic N) is 2. The molecule has 4 nitrogen and oxygen atoms in total. The van der Waals surface area contributed by atoms with E-state index in [9.17, 15) is 4.79 Å². The van der Waals surface area contributed by atoms with E-state index in [0.29, 0.717) is 6.42 Å². The standard InChI is InChI=1S/C25H29N3O/c1-6-15-28-18(2)22(21-9-7-8-10-23(21)28)17-26-27-24(29)16-19-11-13-20(14-12-19)25(3,4)5/h6-14,17H,1,15-16H2,2-5H3,(H,27,29)/b26-17-. The summed E-state index contributed by atoms with van der Waals surface area (Å²) in [7, 11) is 0. The average Bonchev–Trinajstić information content (AvgIpc) is 2.94. The maximum Gasteiger partial charge on any atom is 0.244 e. The van der Waals surface area contributed by atoms with Crippen LogP contribution in [0.15, 0.2) is 66.3 Å². The van der Waals surface area contributed by atoms with Crippen molar-refractivity contribution < 1.29 is 4.79 Å². The third kappa shape index (κ3) is 4.65. The fourth-order valence-corrected chi connectivity index (χ4v) is 3.50. The van der Waals surface area contributed by atoms with Gasteiger partial charge in [-0.1, -0.05) is 69.3 Å². The van der Waals surface area contributed by atoms with E-state index < -0.39 is 0 Å². The van der Waals surface area contributed by atoms with Crippen LogP contribution in [-0.2, 0) is 23.2 Å². The molecule has 0 bridgehead atoms. The number of carbonyl (C=O) groups excluding carboxylic acids is 1. The Labute approximate surface area is 172 Å². The van der Waals surface area contributed by atoms with Crippen molar-refractivity contribution >= 4 is 23.0 Å². The second-order valence-electron chi connectivity index (χ2n) is 8.33. The Morgan fingerprint density at radius 2 is 1.83 bits per heavy atom. The van der Waals surface area contributed by atoms with Gasteiger partial charge in [-0.3, -0.25) is 4.79 Å². The van der Waals surface area contributed by atoms with Crippen LogP contribution < -0.4 is 5.43 Å². The van der Waals surface area contributed by atoms with Crippen LogP contribution in [-0.4, -0.2) is 16.7 Å². The lowest BCUT2D eigenvalue weighted by molar-refractivity contribution is -0.120. The van der Waals surface area contributed by atoms with Crippen LogP contribution in [0.25, 0.3) is 10.9 Å². The normalized spacial score (nSPS) is 11.9. The van der Waals surface area contributed by atoms with E-state index in [2.05, 4.69) is 73.6 Å². The van der Waals surface area contributed by atoms with Gasteiger partial charge in [-0.2, -0.15) is 5.10 Å². The Kier molecular flexibility index (Phi) is 6.02. The van der Waals surface area contributed by atoms with Crippen LogP contribution in [0.4, 0.5) is 0 Å². The summed E-state index contributed by atoms with van der Waals surface area (Å²) >= 11 is 0. The minimum atomic E-state index is -0.128. The molecule has 4 heteroatoms. The first kappa shape index (κ1) is 20.6. The molecule has 0 aliphatic heterocycles. The zero-order valence-electron chi connectivity index (χ0n) is 17.7. The van der Waals surface area contributed by atoms with Crippen molar-refractivity contribution in [1.82, 2.24) is 9.99 Å². The molecule has 0 fully saturated rings. The number of hydrogen-bond donors (Lipinski definition) is 1.